The Morgan fingerprint density at radius 2 is 2.00 bits per heavy atom. The van der Waals surface area contributed by atoms with Gasteiger partial charge in [-0.05, 0) is 39.5 Å². The Morgan fingerprint density at radius 3 is 2.54 bits per heavy atom. The first kappa shape index (κ1) is 21.4. The molecule has 152 valence electrons. The van der Waals surface area contributed by atoms with E-state index >= 15 is 0 Å². The lowest BCUT2D eigenvalue weighted by Gasteiger charge is -2.55. The Kier molecular flexibility index (Phi) is 7.73. The van der Waals surface area contributed by atoms with E-state index in [-0.39, 0.29) is 11.2 Å². The quantitative estimate of drug-likeness (QED) is 0.463. The number of hydrogen-bond acceptors (Lipinski definition) is 4. The molecule has 0 radical (unpaired) electrons. The summed E-state index contributed by atoms with van der Waals surface area (Å²) in [5.74, 6) is 1.04. The Balaban J connectivity index is 1.96. The lowest BCUT2D eigenvalue weighted by molar-refractivity contribution is -0.133. The minimum absolute atomic E-state index is 0.143. The summed E-state index contributed by atoms with van der Waals surface area (Å²) < 4.78 is 31.3. The second kappa shape index (κ2) is 9.37. The van der Waals surface area contributed by atoms with Gasteiger partial charge in [-0.1, -0.05) is 13.8 Å². The highest BCUT2D eigenvalue weighted by molar-refractivity contribution is 7.89. The summed E-state index contributed by atoms with van der Waals surface area (Å²) in [7, 11) is -3.05. The fraction of sp³-hybridized carbons (Fsp3) is 0.944. The van der Waals surface area contributed by atoms with E-state index < -0.39 is 10.0 Å². The van der Waals surface area contributed by atoms with Crippen LogP contribution in [0.15, 0.2) is 4.99 Å². The van der Waals surface area contributed by atoms with Crippen molar-refractivity contribution in [2.75, 3.05) is 38.5 Å². The zero-order valence-electron chi connectivity index (χ0n) is 16.8. The molecule has 2 rings (SSSR count). The molecule has 2 N–H and O–H groups in total. The van der Waals surface area contributed by atoms with Gasteiger partial charge in [0.25, 0.3) is 0 Å². The molecular formula is C18H36N4O3S. The zero-order chi connectivity index (χ0) is 19.2. The topological polar surface area (TPSA) is 83.0 Å². The Labute approximate surface area is 159 Å². The number of nitrogens with zero attached hydrogens (tertiary/aromatic N) is 2. The van der Waals surface area contributed by atoms with Crippen LogP contribution >= 0.6 is 0 Å². The maximum absolute atomic E-state index is 11.9. The maximum atomic E-state index is 11.9. The van der Waals surface area contributed by atoms with Crippen molar-refractivity contribution in [1.82, 2.24) is 14.9 Å². The van der Waals surface area contributed by atoms with Gasteiger partial charge in [-0.2, -0.15) is 0 Å². The first-order chi connectivity index (χ1) is 12.4. The smallest absolute Gasteiger partial charge is 0.214 e. The van der Waals surface area contributed by atoms with Crippen LogP contribution in [0.4, 0.5) is 0 Å². The Morgan fingerprint density at radius 1 is 1.27 bits per heavy atom. The van der Waals surface area contributed by atoms with Crippen LogP contribution in [0.2, 0.25) is 0 Å². The summed E-state index contributed by atoms with van der Waals surface area (Å²) in [6.07, 6.45) is 4.15. The van der Waals surface area contributed by atoms with E-state index in [1.807, 2.05) is 6.92 Å². The predicted octanol–water partition coefficient (Wildman–Crippen LogP) is 1.56. The monoisotopic (exact) mass is 388 g/mol. The highest BCUT2D eigenvalue weighted by Gasteiger charge is 2.53. The van der Waals surface area contributed by atoms with Crippen LogP contribution in [0.3, 0.4) is 0 Å². The summed E-state index contributed by atoms with van der Waals surface area (Å²) in [4.78, 5) is 4.62. The Bertz CT molecular complexity index is 575. The second-order valence-electron chi connectivity index (χ2n) is 7.15. The lowest BCUT2D eigenvalue weighted by atomic mass is 9.58. The SMILES string of the molecule is CCNC(=NCCN1CCCS1(=O)=O)NC1CC(OCC)C1(CC)CC. The molecule has 0 aromatic rings. The van der Waals surface area contributed by atoms with Gasteiger partial charge in [0, 0.05) is 37.7 Å². The molecule has 1 aliphatic carbocycles. The van der Waals surface area contributed by atoms with Crippen LogP contribution in [0.1, 0.15) is 53.4 Å². The molecule has 7 nitrogen and oxygen atoms in total. The van der Waals surface area contributed by atoms with Crippen molar-refractivity contribution in [2.24, 2.45) is 10.4 Å². The van der Waals surface area contributed by atoms with Crippen molar-refractivity contribution in [1.29, 1.82) is 0 Å². The van der Waals surface area contributed by atoms with Crippen molar-refractivity contribution in [2.45, 2.75) is 65.5 Å². The fourth-order valence-corrected chi connectivity index (χ4v) is 5.80. The average Bonchev–Trinajstić information content (AvgIpc) is 2.93. The Hall–Kier alpha value is -0.860. The number of sulfonamides is 1. The van der Waals surface area contributed by atoms with Crippen LogP contribution < -0.4 is 10.6 Å². The third-order valence-corrected chi connectivity index (χ3v) is 7.90. The molecule has 0 bridgehead atoms. The molecule has 0 spiro atoms. The molecule has 1 heterocycles. The number of nitrogens with one attached hydrogen (secondary N) is 2. The van der Waals surface area contributed by atoms with Gasteiger partial charge in [0.05, 0.1) is 18.4 Å². The van der Waals surface area contributed by atoms with Crippen LogP contribution in [0, 0.1) is 5.41 Å². The van der Waals surface area contributed by atoms with Crippen molar-refractivity contribution < 1.29 is 13.2 Å². The molecule has 0 aromatic heterocycles. The van der Waals surface area contributed by atoms with E-state index in [0.717, 1.165) is 44.8 Å². The molecule has 2 unspecified atom stereocenters. The van der Waals surface area contributed by atoms with Crippen molar-refractivity contribution in [3.63, 3.8) is 0 Å². The highest BCUT2D eigenvalue weighted by atomic mass is 32.2. The van der Waals surface area contributed by atoms with Crippen LogP contribution in [0.25, 0.3) is 0 Å². The molecule has 1 saturated carbocycles. The molecule has 0 aromatic carbocycles. The van der Waals surface area contributed by atoms with Gasteiger partial charge in [0.15, 0.2) is 5.96 Å². The molecule has 2 atom stereocenters. The molecule has 1 saturated heterocycles. The third kappa shape index (κ3) is 4.51. The number of rotatable bonds is 9. The normalized spacial score (nSPS) is 27.9. The predicted molar refractivity (Wildman–Crippen MR) is 106 cm³/mol. The largest absolute Gasteiger partial charge is 0.378 e. The van der Waals surface area contributed by atoms with Gasteiger partial charge in [-0.3, -0.25) is 4.99 Å². The summed E-state index contributed by atoms with van der Waals surface area (Å²) in [5, 5.41) is 6.86. The standard InChI is InChI=1S/C18H36N4O3S/c1-5-18(6-2)15(14-16(18)25-8-4)21-17(19-7-3)20-10-12-22-11-9-13-26(22,23)24/h15-16H,5-14H2,1-4H3,(H2,19,20,21). The molecular weight excluding hydrogens is 352 g/mol. The number of hydrogen-bond donors (Lipinski definition) is 2. The summed E-state index contributed by atoms with van der Waals surface area (Å²) >= 11 is 0. The first-order valence-electron chi connectivity index (χ1n) is 10.1. The van der Waals surface area contributed by atoms with Gasteiger partial charge in [-0.15, -0.1) is 0 Å². The van der Waals surface area contributed by atoms with Crippen LogP contribution in [0.5, 0.6) is 0 Å². The summed E-state index contributed by atoms with van der Waals surface area (Å²) in [5.41, 5.74) is 0.143. The van der Waals surface area contributed by atoms with Crippen molar-refractivity contribution >= 4 is 16.0 Å². The molecule has 2 aliphatic rings. The highest BCUT2D eigenvalue weighted by Crippen LogP contribution is 2.48. The fourth-order valence-electron chi connectivity index (χ4n) is 4.28. The second-order valence-corrected chi connectivity index (χ2v) is 9.23. The van der Waals surface area contributed by atoms with Crippen molar-refractivity contribution in [3.05, 3.63) is 0 Å². The van der Waals surface area contributed by atoms with Gasteiger partial charge in [0.1, 0.15) is 0 Å². The lowest BCUT2D eigenvalue weighted by Crippen LogP contribution is -2.65. The van der Waals surface area contributed by atoms with E-state index in [2.05, 4.69) is 36.4 Å². The average molecular weight is 389 g/mol. The van der Waals surface area contributed by atoms with E-state index in [4.69, 9.17) is 4.74 Å². The van der Waals surface area contributed by atoms with Gasteiger partial charge < -0.3 is 15.4 Å². The molecule has 8 heteroatoms. The van der Waals surface area contributed by atoms with Crippen LogP contribution in [-0.2, 0) is 14.8 Å². The first-order valence-corrected chi connectivity index (χ1v) is 11.7. The summed E-state index contributed by atoms with van der Waals surface area (Å²) in [6, 6.07) is 0.336. The van der Waals surface area contributed by atoms with Gasteiger partial charge >= 0.3 is 0 Å². The van der Waals surface area contributed by atoms with Crippen molar-refractivity contribution in [3.8, 4) is 0 Å². The minimum atomic E-state index is -3.05. The summed E-state index contributed by atoms with van der Waals surface area (Å²) in [6.45, 7) is 11.6. The van der Waals surface area contributed by atoms with E-state index in [1.165, 1.54) is 0 Å². The number of guanidine groups is 1. The maximum Gasteiger partial charge on any atom is 0.214 e. The van der Waals surface area contributed by atoms with Gasteiger partial charge in [-0.25, -0.2) is 12.7 Å². The number of aliphatic imine (C=N–C) groups is 1. The third-order valence-electron chi connectivity index (χ3n) is 5.95. The minimum Gasteiger partial charge on any atom is -0.378 e. The molecule has 0 amide bonds. The van der Waals surface area contributed by atoms with Gasteiger partial charge in [0.2, 0.25) is 10.0 Å². The molecule has 1 aliphatic heterocycles. The number of ether oxygens (including phenoxy) is 1. The van der Waals surface area contributed by atoms with E-state index in [9.17, 15) is 8.42 Å². The zero-order valence-corrected chi connectivity index (χ0v) is 17.6. The van der Waals surface area contributed by atoms with E-state index in [0.29, 0.717) is 31.8 Å². The van der Waals surface area contributed by atoms with Crippen LogP contribution in [-0.4, -0.2) is 69.4 Å². The molecule has 26 heavy (non-hydrogen) atoms. The van der Waals surface area contributed by atoms with E-state index in [1.54, 1.807) is 4.31 Å². The molecule has 2 fully saturated rings.